The van der Waals surface area contributed by atoms with Crippen molar-refractivity contribution in [3.05, 3.63) is 59.4 Å². The normalized spacial score (nSPS) is 19.8. The molecule has 0 radical (unpaired) electrons. The van der Waals surface area contributed by atoms with Crippen LogP contribution in [0.4, 0.5) is 4.39 Å². The summed E-state index contributed by atoms with van der Waals surface area (Å²) in [6.45, 7) is 4.57. The number of hydrogen-bond acceptors (Lipinski definition) is 2. The van der Waals surface area contributed by atoms with E-state index in [1.54, 1.807) is 18.2 Å². The van der Waals surface area contributed by atoms with Gasteiger partial charge in [-0.25, -0.2) is 4.39 Å². The number of ether oxygens (including phenoxy) is 1. The maximum atomic E-state index is 14.7. The molecule has 3 rings (SSSR count). The zero-order chi connectivity index (χ0) is 19.2. The van der Waals surface area contributed by atoms with E-state index in [0.717, 1.165) is 49.8 Å². The fraction of sp³-hybridized carbons (Fsp3) is 0.458. The molecule has 1 fully saturated rings. The zero-order valence-corrected chi connectivity index (χ0v) is 16.3. The first-order valence-corrected chi connectivity index (χ1v) is 10.1. The van der Waals surface area contributed by atoms with E-state index in [2.05, 4.69) is 13.0 Å². The molecule has 2 aromatic carbocycles. The van der Waals surface area contributed by atoms with Gasteiger partial charge >= 0.3 is 0 Å². The molecule has 1 aliphatic rings. The monoisotopic (exact) mass is 368 g/mol. The van der Waals surface area contributed by atoms with E-state index in [-0.39, 0.29) is 11.6 Å². The van der Waals surface area contributed by atoms with E-state index in [1.165, 1.54) is 13.3 Å². The van der Waals surface area contributed by atoms with Crippen molar-refractivity contribution >= 4 is 5.78 Å². The predicted molar refractivity (Wildman–Crippen MR) is 108 cm³/mol. The number of carbonyl (C=O) groups excluding carboxylic acids is 1. The van der Waals surface area contributed by atoms with Gasteiger partial charge in [0.15, 0.2) is 5.78 Å². The van der Waals surface area contributed by atoms with Crippen molar-refractivity contribution in [1.29, 1.82) is 0 Å². The van der Waals surface area contributed by atoms with Crippen molar-refractivity contribution in [2.45, 2.75) is 64.4 Å². The Labute approximate surface area is 161 Å². The lowest BCUT2D eigenvalue weighted by Crippen LogP contribution is -2.21. The Hall–Kier alpha value is -2.00. The molecule has 1 saturated carbocycles. The minimum Gasteiger partial charge on any atom is -0.378 e. The molecule has 2 aromatic rings. The van der Waals surface area contributed by atoms with Gasteiger partial charge in [0.05, 0.1) is 6.10 Å². The highest BCUT2D eigenvalue weighted by atomic mass is 19.1. The van der Waals surface area contributed by atoms with Crippen LogP contribution in [0.15, 0.2) is 42.5 Å². The molecule has 144 valence electrons. The van der Waals surface area contributed by atoms with Crippen molar-refractivity contribution in [2.75, 3.05) is 6.61 Å². The van der Waals surface area contributed by atoms with E-state index in [0.29, 0.717) is 23.1 Å². The summed E-state index contributed by atoms with van der Waals surface area (Å²) in [5.74, 6) is 0.246. The molecule has 0 heterocycles. The van der Waals surface area contributed by atoms with Gasteiger partial charge in [-0.2, -0.15) is 0 Å². The Balaban J connectivity index is 1.64. The van der Waals surface area contributed by atoms with Crippen molar-refractivity contribution in [2.24, 2.45) is 0 Å². The molecule has 0 aliphatic heterocycles. The largest absolute Gasteiger partial charge is 0.378 e. The van der Waals surface area contributed by atoms with Crippen LogP contribution in [0.1, 0.15) is 74.2 Å². The molecule has 0 unspecified atom stereocenters. The van der Waals surface area contributed by atoms with Gasteiger partial charge in [0.2, 0.25) is 0 Å². The number of hydrogen-bond donors (Lipinski definition) is 0. The van der Waals surface area contributed by atoms with Gasteiger partial charge in [0.1, 0.15) is 5.82 Å². The summed E-state index contributed by atoms with van der Waals surface area (Å²) in [6.07, 6.45) is 6.90. The quantitative estimate of drug-likeness (QED) is 0.410. The molecule has 27 heavy (non-hydrogen) atoms. The van der Waals surface area contributed by atoms with Crippen molar-refractivity contribution in [1.82, 2.24) is 0 Å². The molecule has 1 aliphatic carbocycles. The van der Waals surface area contributed by atoms with Crippen LogP contribution in [0, 0.1) is 5.82 Å². The number of unbranched alkanes of at least 4 members (excludes halogenated alkanes) is 1. The van der Waals surface area contributed by atoms with Crippen LogP contribution in [0.25, 0.3) is 11.1 Å². The number of benzene rings is 2. The third-order valence-electron chi connectivity index (χ3n) is 5.59. The summed E-state index contributed by atoms with van der Waals surface area (Å²) >= 11 is 0. The molecule has 0 atom stereocenters. The van der Waals surface area contributed by atoms with Crippen LogP contribution in [-0.4, -0.2) is 18.5 Å². The van der Waals surface area contributed by atoms with E-state index in [9.17, 15) is 9.18 Å². The first-order valence-electron chi connectivity index (χ1n) is 10.1. The molecule has 0 bridgehead atoms. The smallest absolute Gasteiger partial charge is 0.159 e. The van der Waals surface area contributed by atoms with Gasteiger partial charge < -0.3 is 4.74 Å². The van der Waals surface area contributed by atoms with E-state index in [1.807, 2.05) is 18.2 Å². The summed E-state index contributed by atoms with van der Waals surface area (Å²) in [5, 5.41) is 0. The van der Waals surface area contributed by atoms with Gasteiger partial charge in [-0.05, 0) is 62.1 Å². The minimum absolute atomic E-state index is 0.0200. The second-order valence-corrected chi connectivity index (χ2v) is 7.57. The van der Waals surface area contributed by atoms with Gasteiger partial charge in [-0.3, -0.25) is 4.79 Å². The first kappa shape index (κ1) is 19.8. The molecular formula is C24H29FO2. The number of carbonyl (C=O) groups is 1. The Morgan fingerprint density at radius 2 is 1.78 bits per heavy atom. The average Bonchev–Trinajstić information content (AvgIpc) is 2.69. The van der Waals surface area contributed by atoms with E-state index in [4.69, 9.17) is 4.74 Å². The van der Waals surface area contributed by atoms with Gasteiger partial charge in [-0.15, -0.1) is 0 Å². The Morgan fingerprint density at radius 1 is 1.07 bits per heavy atom. The number of Topliss-reactive ketones (excluding diaryl/α,β-unsaturated/α-hetero) is 1. The van der Waals surface area contributed by atoms with Gasteiger partial charge in [0.25, 0.3) is 0 Å². The van der Waals surface area contributed by atoms with E-state index >= 15 is 0 Å². The topological polar surface area (TPSA) is 26.3 Å². The number of halogens is 1. The SMILES string of the molecule is CCCCO[C@H]1CC[C@H](c2ccc(-c3ccc(C(C)=O)cc3)c(F)c2)CC1. The predicted octanol–water partition coefficient (Wildman–Crippen LogP) is 6.54. The van der Waals surface area contributed by atoms with Crippen molar-refractivity contribution in [3.8, 4) is 11.1 Å². The zero-order valence-electron chi connectivity index (χ0n) is 16.3. The standard InChI is InChI=1S/C24H29FO2/c1-3-4-15-27-22-12-9-19(10-13-22)21-11-14-23(24(25)16-21)20-7-5-18(6-8-20)17(2)26/h5-8,11,14,16,19,22H,3-4,9-10,12-13,15H2,1-2H3/t19-,22-. The minimum atomic E-state index is -0.190. The average molecular weight is 368 g/mol. The fourth-order valence-electron chi connectivity index (χ4n) is 3.86. The van der Waals surface area contributed by atoms with E-state index < -0.39 is 0 Å². The Bertz CT molecular complexity index is 758. The van der Waals surface area contributed by atoms with Gasteiger partial charge in [0, 0.05) is 17.7 Å². The fourth-order valence-corrected chi connectivity index (χ4v) is 3.86. The summed E-state index contributed by atoms with van der Waals surface area (Å²) in [7, 11) is 0. The Morgan fingerprint density at radius 3 is 2.37 bits per heavy atom. The summed E-state index contributed by atoms with van der Waals surface area (Å²) in [5.41, 5.74) is 3.12. The number of rotatable bonds is 7. The third kappa shape index (κ3) is 5.04. The number of ketones is 1. The third-order valence-corrected chi connectivity index (χ3v) is 5.59. The van der Waals surface area contributed by atoms with Crippen molar-refractivity contribution < 1.29 is 13.9 Å². The molecular weight excluding hydrogens is 339 g/mol. The molecule has 0 N–H and O–H groups in total. The highest BCUT2D eigenvalue weighted by molar-refractivity contribution is 5.94. The first-order chi connectivity index (χ1) is 13.1. The lowest BCUT2D eigenvalue weighted by Gasteiger charge is -2.29. The van der Waals surface area contributed by atoms with Crippen LogP contribution in [0.2, 0.25) is 0 Å². The second kappa shape index (κ2) is 9.27. The summed E-state index contributed by atoms with van der Waals surface area (Å²) < 4.78 is 20.7. The van der Waals surface area contributed by atoms with Crippen LogP contribution < -0.4 is 0 Å². The lowest BCUT2D eigenvalue weighted by molar-refractivity contribution is 0.0232. The van der Waals surface area contributed by atoms with Crippen LogP contribution in [0.5, 0.6) is 0 Å². The second-order valence-electron chi connectivity index (χ2n) is 7.57. The highest BCUT2D eigenvalue weighted by Crippen LogP contribution is 2.36. The van der Waals surface area contributed by atoms with Crippen molar-refractivity contribution in [3.63, 3.8) is 0 Å². The highest BCUT2D eigenvalue weighted by Gasteiger charge is 2.23. The lowest BCUT2D eigenvalue weighted by atomic mass is 9.82. The molecule has 0 saturated heterocycles. The molecule has 0 aromatic heterocycles. The summed E-state index contributed by atoms with van der Waals surface area (Å²) in [6, 6.07) is 12.8. The maximum Gasteiger partial charge on any atom is 0.159 e. The van der Waals surface area contributed by atoms with Gasteiger partial charge in [-0.1, -0.05) is 49.7 Å². The maximum absolute atomic E-state index is 14.7. The van der Waals surface area contributed by atoms with Crippen LogP contribution in [-0.2, 0) is 4.74 Å². The van der Waals surface area contributed by atoms with Crippen LogP contribution >= 0.6 is 0 Å². The summed E-state index contributed by atoms with van der Waals surface area (Å²) in [4.78, 5) is 11.4. The molecule has 0 amide bonds. The molecule has 3 heteroatoms. The molecule has 0 spiro atoms. The van der Waals surface area contributed by atoms with Crippen LogP contribution in [0.3, 0.4) is 0 Å². The molecule has 2 nitrogen and oxygen atoms in total. The Kier molecular flexibility index (Phi) is 6.78.